The number of imidazole rings is 1. The topological polar surface area (TPSA) is 86.1 Å². The molecule has 0 bridgehead atoms. The molecule has 0 unspecified atom stereocenters. The number of para-hydroxylation sites is 1. The van der Waals surface area contributed by atoms with E-state index in [0.29, 0.717) is 12.3 Å². The van der Waals surface area contributed by atoms with Crippen molar-refractivity contribution in [3.05, 3.63) is 72.6 Å². The van der Waals surface area contributed by atoms with Crippen LogP contribution in [0.4, 0.5) is 10.1 Å². The molecule has 1 N–H and O–H groups in total. The molecule has 0 saturated carbocycles. The number of halogens is 1. The predicted octanol–water partition coefficient (Wildman–Crippen LogP) is 4.11. The molecular weight excluding hydrogens is 407 g/mol. The minimum Gasteiger partial charge on any atom is -0.454 e. The van der Waals surface area contributed by atoms with Gasteiger partial charge in [0, 0.05) is 30.6 Å². The number of benzene rings is 2. The second-order valence-electron chi connectivity index (χ2n) is 6.95. The van der Waals surface area contributed by atoms with Crippen molar-refractivity contribution in [3.8, 4) is 11.5 Å². The zero-order valence-corrected chi connectivity index (χ0v) is 16.6. The lowest BCUT2D eigenvalue weighted by atomic mass is 10.2. The highest BCUT2D eigenvalue weighted by Gasteiger charge is 2.25. The number of nitrogens with one attached hydrogen (secondary N) is 1. The van der Waals surface area contributed by atoms with Gasteiger partial charge < -0.3 is 9.30 Å². The molecule has 0 spiro atoms. The fourth-order valence-electron chi connectivity index (χ4n) is 3.58. The monoisotopic (exact) mass is 424 g/mol. The van der Waals surface area contributed by atoms with Crippen molar-refractivity contribution < 1.29 is 17.5 Å². The number of hydrogen-bond donors (Lipinski definition) is 1. The van der Waals surface area contributed by atoms with Crippen LogP contribution in [0.5, 0.6) is 11.5 Å². The highest BCUT2D eigenvalue weighted by atomic mass is 32.2. The van der Waals surface area contributed by atoms with E-state index in [2.05, 4.69) is 14.7 Å². The van der Waals surface area contributed by atoms with E-state index in [1.54, 1.807) is 16.8 Å². The molecule has 1 aliphatic rings. The third-order valence-electron chi connectivity index (χ3n) is 4.97. The third kappa shape index (κ3) is 3.26. The first-order chi connectivity index (χ1) is 14.5. The van der Waals surface area contributed by atoms with Gasteiger partial charge in [0.05, 0.1) is 17.4 Å². The molecule has 4 aromatic rings. The van der Waals surface area contributed by atoms with E-state index in [4.69, 9.17) is 4.74 Å². The summed E-state index contributed by atoms with van der Waals surface area (Å²) in [5, 5.41) is 0.831. The Balaban J connectivity index is 1.41. The smallest absolute Gasteiger partial charge is 0.279 e. The highest BCUT2D eigenvalue weighted by molar-refractivity contribution is 7.92. The first kappa shape index (κ1) is 18.6. The van der Waals surface area contributed by atoms with Gasteiger partial charge in [-0.15, -0.1) is 0 Å². The van der Waals surface area contributed by atoms with Crippen LogP contribution in [0.1, 0.15) is 12.2 Å². The fraction of sp³-hybridized carbons (Fsp3) is 0.143. The van der Waals surface area contributed by atoms with Crippen molar-refractivity contribution in [2.75, 3.05) is 4.72 Å². The first-order valence-corrected chi connectivity index (χ1v) is 10.9. The van der Waals surface area contributed by atoms with Gasteiger partial charge in [-0.1, -0.05) is 12.1 Å². The average molecular weight is 424 g/mol. The van der Waals surface area contributed by atoms with E-state index in [0.717, 1.165) is 35.6 Å². The molecule has 0 aliphatic carbocycles. The van der Waals surface area contributed by atoms with Crippen LogP contribution in [0.25, 0.3) is 10.9 Å². The molecule has 2 aromatic carbocycles. The number of rotatable bonds is 5. The van der Waals surface area contributed by atoms with E-state index in [1.165, 1.54) is 18.3 Å². The average Bonchev–Trinajstić information content (AvgIpc) is 3.34. The molecular formula is C21H17FN4O3S. The summed E-state index contributed by atoms with van der Waals surface area (Å²) < 4.78 is 50.0. The van der Waals surface area contributed by atoms with E-state index in [-0.39, 0.29) is 16.5 Å². The summed E-state index contributed by atoms with van der Waals surface area (Å²) in [6.45, 7) is 0.604. The lowest BCUT2D eigenvalue weighted by Gasteiger charge is -2.12. The van der Waals surface area contributed by atoms with Crippen molar-refractivity contribution in [2.45, 2.75) is 24.4 Å². The Morgan fingerprint density at radius 1 is 1.07 bits per heavy atom. The second kappa shape index (κ2) is 7.10. The molecule has 9 heteroatoms. The van der Waals surface area contributed by atoms with Crippen LogP contribution >= 0.6 is 0 Å². The van der Waals surface area contributed by atoms with E-state index in [1.807, 2.05) is 24.3 Å². The molecule has 5 rings (SSSR count). The second-order valence-corrected chi connectivity index (χ2v) is 8.58. The van der Waals surface area contributed by atoms with Gasteiger partial charge >= 0.3 is 0 Å². The van der Waals surface area contributed by atoms with Gasteiger partial charge in [0.15, 0.2) is 16.6 Å². The van der Waals surface area contributed by atoms with Crippen LogP contribution in [-0.4, -0.2) is 23.0 Å². The Morgan fingerprint density at radius 2 is 1.93 bits per heavy atom. The van der Waals surface area contributed by atoms with Gasteiger partial charge in [-0.2, -0.15) is 8.42 Å². The first-order valence-electron chi connectivity index (χ1n) is 9.40. The number of fused-ring (bicyclic) bond motifs is 2. The van der Waals surface area contributed by atoms with Crippen molar-refractivity contribution in [1.29, 1.82) is 0 Å². The number of anilines is 1. The summed E-state index contributed by atoms with van der Waals surface area (Å²) in [7, 11) is -3.88. The minimum absolute atomic E-state index is 0.0143. The summed E-state index contributed by atoms with van der Waals surface area (Å²) in [6.07, 6.45) is 4.53. The maximum absolute atomic E-state index is 14.7. The standard InChI is InChI=1S/C21H17FN4O3S/c22-16-12-14(25-30(27,28)21-13-24-20-6-3-11-26(20)21)7-8-19(16)29-18-9-10-23-17-5-2-1-4-15(17)18/h1-2,4-5,7-10,12-13,25H,3,6,11H2. The van der Waals surface area contributed by atoms with Gasteiger partial charge in [-0.25, -0.2) is 9.37 Å². The zero-order valence-electron chi connectivity index (χ0n) is 15.7. The summed E-state index contributed by atoms with van der Waals surface area (Å²) in [4.78, 5) is 8.40. The number of sulfonamides is 1. The van der Waals surface area contributed by atoms with Gasteiger partial charge in [0.2, 0.25) is 0 Å². The molecule has 0 amide bonds. The Kier molecular flexibility index (Phi) is 4.39. The summed E-state index contributed by atoms with van der Waals surface area (Å²) >= 11 is 0. The lowest BCUT2D eigenvalue weighted by Crippen LogP contribution is -2.17. The molecule has 1 aliphatic heterocycles. The third-order valence-corrected chi connectivity index (χ3v) is 6.35. The Bertz CT molecular complexity index is 1360. The highest BCUT2D eigenvalue weighted by Crippen LogP contribution is 2.32. The lowest BCUT2D eigenvalue weighted by molar-refractivity contribution is 0.446. The maximum atomic E-state index is 14.7. The number of ether oxygens (including phenoxy) is 1. The van der Waals surface area contributed by atoms with Gasteiger partial charge in [0.1, 0.15) is 11.6 Å². The van der Waals surface area contributed by atoms with Crippen molar-refractivity contribution in [1.82, 2.24) is 14.5 Å². The van der Waals surface area contributed by atoms with E-state index < -0.39 is 15.8 Å². The van der Waals surface area contributed by atoms with Crippen molar-refractivity contribution >= 4 is 26.6 Å². The fourth-order valence-corrected chi connectivity index (χ4v) is 4.80. The number of hydrogen-bond acceptors (Lipinski definition) is 5. The van der Waals surface area contributed by atoms with Crippen LogP contribution in [-0.2, 0) is 23.0 Å². The van der Waals surface area contributed by atoms with Gasteiger partial charge in [-0.3, -0.25) is 9.71 Å². The summed E-state index contributed by atoms with van der Waals surface area (Å²) in [5.41, 5.74) is 0.834. The Morgan fingerprint density at radius 3 is 2.80 bits per heavy atom. The van der Waals surface area contributed by atoms with Crippen molar-refractivity contribution in [2.24, 2.45) is 0 Å². The van der Waals surface area contributed by atoms with E-state index >= 15 is 0 Å². The molecule has 0 fully saturated rings. The van der Waals surface area contributed by atoms with Crippen LogP contribution in [0, 0.1) is 5.82 Å². The molecule has 7 nitrogen and oxygen atoms in total. The zero-order chi connectivity index (χ0) is 20.7. The molecule has 152 valence electrons. The Labute approximate surface area is 172 Å². The number of aryl methyl sites for hydroxylation is 1. The van der Waals surface area contributed by atoms with Crippen LogP contribution < -0.4 is 9.46 Å². The van der Waals surface area contributed by atoms with Gasteiger partial charge in [-0.05, 0) is 36.8 Å². The molecule has 3 heterocycles. The quantitative estimate of drug-likeness (QED) is 0.521. The summed E-state index contributed by atoms with van der Waals surface area (Å²) in [5.74, 6) is 0.506. The molecule has 0 radical (unpaired) electrons. The molecule has 0 atom stereocenters. The van der Waals surface area contributed by atoms with Crippen LogP contribution in [0.15, 0.2) is 66.0 Å². The minimum atomic E-state index is -3.88. The number of nitrogens with zero attached hydrogens (tertiary/aromatic N) is 3. The number of pyridine rings is 1. The van der Waals surface area contributed by atoms with Crippen LogP contribution in [0.2, 0.25) is 0 Å². The maximum Gasteiger partial charge on any atom is 0.279 e. The number of aromatic nitrogens is 3. The Hall–Kier alpha value is -3.46. The molecule has 30 heavy (non-hydrogen) atoms. The van der Waals surface area contributed by atoms with Crippen molar-refractivity contribution in [3.63, 3.8) is 0 Å². The summed E-state index contributed by atoms with van der Waals surface area (Å²) in [6, 6.07) is 13.0. The normalized spacial score (nSPS) is 13.4. The molecule has 0 saturated heterocycles. The molecule has 2 aromatic heterocycles. The van der Waals surface area contributed by atoms with E-state index in [9.17, 15) is 12.8 Å². The van der Waals surface area contributed by atoms with Crippen LogP contribution in [0.3, 0.4) is 0 Å². The largest absolute Gasteiger partial charge is 0.454 e. The predicted molar refractivity (Wildman–Crippen MR) is 110 cm³/mol. The van der Waals surface area contributed by atoms with Gasteiger partial charge in [0.25, 0.3) is 10.0 Å². The SMILES string of the molecule is O=S(=O)(Nc1ccc(Oc2ccnc3ccccc23)c(F)c1)c1cnc2n1CCC2.